The number of imidazole rings is 1. The summed E-state index contributed by atoms with van der Waals surface area (Å²) in [6.07, 6.45) is 2.93. The molecule has 1 N–H and O–H groups in total. The van der Waals surface area contributed by atoms with Gasteiger partial charge in [-0.05, 0) is 6.42 Å². The maximum atomic E-state index is 9.30. The van der Waals surface area contributed by atoms with Gasteiger partial charge >= 0.3 is 0 Å². The molecule has 3 nitrogen and oxygen atoms in total. The van der Waals surface area contributed by atoms with Crippen molar-refractivity contribution >= 4 is 11.6 Å². The molecule has 1 unspecified atom stereocenters. The second-order valence-electron chi connectivity index (χ2n) is 2.82. The molecule has 60 valence electrons. The number of rotatable bonds is 0. The number of aliphatic hydroxyl groups excluding tert-OH is 1. The highest BCUT2D eigenvalue weighted by Gasteiger charge is 2.18. The summed E-state index contributed by atoms with van der Waals surface area (Å²) in [6, 6.07) is 0. The first-order chi connectivity index (χ1) is 5.27. The molecule has 0 amide bonds. The number of aromatic nitrogens is 2. The summed E-state index contributed by atoms with van der Waals surface area (Å²) < 4.78 is 2.00. The van der Waals surface area contributed by atoms with E-state index in [0.717, 1.165) is 18.7 Å². The van der Waals surface area contributed by atoms with Gasteiger partial charge in [0.15, 0.2) is 0 Å². The van der Waals surface area contributed by atoms with E-state index in [0.29, 0.717) is 11.6 Å². The van der Waals surface area contributed by atoms with Crippen molar-refractivity contribution in [3.63, 3.8) is 0 Å². The molecule has 2 heterocycles. The van der Waals surface area contributed by atoms with Gasteiger partial charge in [0.05, 0.1) is 18.1 Å². The molecular weight excluding hydrogens is 164 g/mol. The predicted molar refractivity (Wildman–Crippen MR) is 41.6 cm³/mol. The summed E-state index contributed by atoms with van der Waals surface area (Å²) in [4.78, 5) is 3.95. The zero-order valence-corrected chi connectivity index (χ0v) is 6.75. The van der Waals surface area contributed by atoms with Crippen LogP contribution in [0.3, 0.4) is 0 Å². The summed E-state index contributed by atoms with van der Waals surface area (Å²) in [5.41, 5.74) is 0.963. The number of hydrogen-bond acceptors (Lipinski definition) is 2. The van der Waals surface area contributed by atoms with Crippen molar-refractivity contribution in [2.45, 2.75) is 25.5 Å². The van der Waals surface area contributed by atoms with Crippen LogP contribution in [-0.2, 0) is 13.0 Å². The molecule has 0 saturated heterocycles. The van der Waals surface area contributed by atoms with Crippen molar-refractivity contribution in [1.29, 1.82) is 0 Å². The lowest BCUT2D eigenvalue weighted by Crippen LogP contribution is -2.22. The number of halogens is 1. The Kier molecular flexibility index (Phi) is 1.62. The Morgan fingerprint density at radius 3 is 3.36 bits per heavy atom. The van der Waals surface area contributed by atoms with Crippen LogP contribution < -0.4 is 0 Å². The molecule has 0 aromatic carbocycles. The summed E-state index contributed by atoms with van der Waals surface area (Å²) in [5.74, 6) is 0. The van der Waals surface area contributed by atoms with Crippen molar-refractivity contribution in [2.24, 2.45) is 0 Å². The molecule has 4 heteroatoms. The van der Waals surface area contributed by atoms with E-state index < -0.39 is 0 Å². The summed E-state index contributed by atoms with van der Waals surface area (Å²) in [6.45, 7) is 0.830. The standard InChI is InChI=1S/C7H9ClN2O/c8-7-6-3-5(11)1-2-10(6)4-9-7/h4-5,11H,1-3H2. The van der Waals surface area contributed by atoms with Crippen LogP contribution in [0, 0.1) is 0 Å². The largest absolute Gasteiger partial charge is 0.393 e. The van der Waals surface area contributed by atoms with Crippen LogP contribution in [0.5, 0.6) is 0 Å². The SMILES string of the molecule is OC1CCn2cnc(Cl)c2C1. The molecule has 2 rings (SSSR count). The topological polar surface area (TPSA) is 38.0 Å². The predicted octanol–water partition coefficient (Wildman–Crippen LogP) is 0.844. The van der Waals surface area contributed by atoms with Crippen molar-refractivity contribution in [1.82, 2.24) is 9.55 Å². The lowest BCUT2D eigenvalue weighted by molar-refractivity contribution is 0.143. The fourth-order valence-corrected chi connectivity index (χ4v) is 1.62. The molecule has 11 heavy (non-hydrogen) atoms. The Morgan fingerprint density at radius 2 is 2.55 bits per heavy atom. The van der Waals surface area contributed by atoms with Crippen molar-refractivity contribution in [2.75, 3.05) is 0 Å². The Hall–Kier alpha value is -0.540. The number of aliphatic hydroxyl groups is 1. The molecule has 1 aromatic heterocycles. The van der Waals surface area contributed by atoms with Crippen molar-refractivity contribution in [3.8, 4) is 0 Å². The third-order valence-electron chi connectivity index (χ3n) is 2.03. The number of hydrogen-bond donors (Lipinski definition) is 1. The van der Waals surface area contributed by atoms with Crippen molar-refractivity contribution in [3.05, 3.63) is 17.2 Å². The van der Waals surface area contributed by atoms with Gasteiger partial charge in [-0.3, -0.25) is 0 Å². The van der Waals surface area contributed by atoms with Gasteiger partial charge in [-0.1, -0.05) is 11.6 Å². The Bertz CT molecular complexity index is 271. The van der Waals surface area contributed by atoms with Gasteiger partial charge in [0.25, 0.3) is 0 Å². The molecule has 0 fully saturated rings. The van der Waals surface area contributed by atoms with E-state index in [2.05, 4.69) is 4.98 Å². The summed E-state index contributed by atoms with van der Waals surface area (Å²) in [5, 5.41) is 9.83. The van der Waals surface area contributed by atoms with E-state index >= 15 is 0 Å². The number of fused-ring (bicyclic) bond motifs is 1. The molecular formula is C7H9ClN2O. The van der Waals surface area contributed by atoms with E-state index in [1.807, 2.05) is 4.57 Å². The minimum Gasteiger partial charge on any atom is -0.393 e. The maximum Gasteiger partial charge on any atom is 0.150 e. The molecule has 0 saturated carbocycles. The third kappa shape index (κ3) is 1.14. The van der Waals surface area contributed by atoms with Crippen LogP contribution in [0.25, 0.3) is 0 Å². The zero-order valence-electron chi connectivity index (χ0n) is 6.00. The Balaban J connectivity index is 2.37. The number of nitrogens with zero attached hydrogens (tertiary/aromatic N) is 2. The monoisotopic (exact) mass is 172 g/mol. The smallest absolute Gasteiger partial charge is 0.150 e. The average molecular weight is 173 g/mol. The van der Waals surface area contributed by atoms with Gasteiger partial charge in [0, 0.05) is 13.0 Å². The number of aryl methyl sites for hydroxylation is 1. The van der Waals surface area contributed by atoms with Crippen LogP contribution in [0.2, 0.25) is 5.15 Å². The molecule has 0 bridgehead atoms. The van der Waals surface area contributed by atoms with Crippen molar-refractivity contribution < 1.29 is 5.11 Å². The fourth-order valence-electron chi connectivity index (χ4n) is 1.39. The van der Waals surface area contributed by atoms with Gasteiger partial charge < -0.3 is 9.67 Å². The lowest BCUT2D eigenvalue weighted by atomic mass is 10.1. The minimum absolute atomic E-state index is 0.239. The van der Waals surface area contributed by atoms with Crippen LogP contribution in [0.15, 0.2) is 6.33 Å². The summed E-state index contributed by atoms with van der Waals surface area (Å²) in [7, 11) is 0. The molecule has 1 aliphatic heterocycles. The highest BCUT2D eigenvalue weighted by atomic mass is 35.5. The normalized spacial score (nSPS) is 23.3. The van der Waals surface area contributed by atoms with Crippen LogP contribution in [0.4, 0.5) is 0 Å². The van der Waals surface area contributed by atoms with E-state index in [-0.39, 0.29) is 6.10 Å². The quantitative estimate of drug-likeness (QED) is 0.630. The molecule has 1 aromatic rings. The third-order valence-corrected chi connectivity index (χ3v) is 2.34. The lowest BCUT2D eigenvalue weighted by Gasteiger charge is -2.19. The van der Waals surface area contributed by atoms with E-state index in [1.54, 1.807) is 6.33 Å². The van der Waals surface area contributed by atoms with E-state index in [1.165, 1.54) is 0 Å². The Labute approximate surface area is 69.6 Å². The van der Waals surface area contributed by atoms with E-state index in [4.69, 9.17) is 11.6 Å². The highest BCUT2D eigenvalue weighted by molar-refractivity contribution is 6.30. The summed E-state index contributed by atoms with van der Waals surface area (Å²) >= 11 is 5.78. The fraction of sp³-hybridized carbons (Fsp3) is 0.571. The van der Waals surface area contributed by atoms with Crippen LogP contribution in [0.1, 0.15) is 12.1 Å². The molecule has 0 spiro atoms. The zero-order chi connectivity index (χ0) is 7.84. The van der Waals surface area contributed by atoms with E-state index in [9.17, 15) is 5.11 Å². The van der Waals surface area contributed by atoms with Gasteiger partial charge in [-0.15, -0.1) is 0 Å². The first kappa shape index (κ1) is 7.13. The first-order valence-electron chi connectivity index (χ1n) is 3.65. The van der Waals surface area contributed by atoms with Gasteiger partial charge in [0.1, 0.15) is 5.15 Å². The average Bonchev–Trinajstić information content (AvgIpc) is 2.33. The van der Waals surface area contributed by atoms with Gasteiger partial charge in [0.2, 0.25) is 0 Å². The highest BCUT2D eigenvalue weighted by Crippen LogP contribution is 2.21. The van der Waals surface area contributed by atoms with Gasteiger partial charge in [-0.25, -0.2) is 4.98 Å². The minimum atomic E-state index is -0.239. The second-order valence-corrected chi connectivity index (χ2v) is 3.18. The van der Waals surface area contributed by atoms with Gasteiger partial charge in [-0.2, -0.15) is 0 Å². The molecule has 1 atom stereocenters. The van der Waals surface area contributed by atoms with Crippen LogP contribution >= 0.6 is 11.6 Å². The molecule has 0 radical (unpaired) electrons. The van der Waals surface area contributed by atoms with Crippen LogP contribution in [-0.4, -0.2) is 20.8 Å². The first-order valence-corrected chi connectivity index (χ1v) is 4.03. The molecule has 1 aliphatic rings. The maximum absolute atomic E-state index is 9.30. The second kappa shape index (κ2) is 2.50. The Morgan fingerprint density at radius 1 is 1.73 bits per heavy atom. The molecule has 0 aliphatic carbocycles.